The summed E-state index contributed by atoms with van der Waals surface area (Å²) < 4.78 is 11.6. The van der Waals surface area contributed by atoms with Crippen LogP contribution in [0.1, 0.15) is 51.7 Å². The van der Waals surface area contributed by atoms with Crippen molar-refractivity contribution in [3.63, 3.8) is 0 Å². The SMILES string of the molecule is CCC(C)COc1c(Cl)cc(C(C)(C)c2ccc(OCCCCl)cc2)cc1Cl. The molecule has 0 aliphatic rings. The van der Waals surface area contributed by atoms with E-state index in [1.807, 2.05) is 24.3 Å². The molecule has 2 aromatic rings. The second kappa shape index (κ2) is 10.6. The topological polar surface area (TPSA) is 18.5 Å². The molecule has 5 heteroatoms. The van der Waals surface area contributed by atoms with E-state index in [9.17, 15) is 0 Å². The number of rotatable bonds is 10. The highest BCUT2D eigenvalue weighted by atomic mass is 35.5. The Labute approximate surface area is 184 Å². The van der Waals surface area contributed by atoms with Crippen molar-refractivity contribution < 1.29 is 9.47 Å². The fraction of sp³-hybridized carbons (Fsp3) is 0.478. The molecule has 0 bridgehead atoms. The Morgan fingerprint density at radius 2 is 1.57 bits per heavy atom. The molecule has 0 aliphatic heterocycles. The average molecular weight is 444 g/mol. The molecule has 2 aromatic carbocycles. The van der Waals surface area contributed by atoms with Gasteiger partial charge in [-0.15, -0.1) is 11.6 Å². The third-order valence-electron chi connectivity index (χ3n) is 5.05. The van der Waals surface area contributed by atoms with Crippen molar-refractivity contribution in [1.82, 2.24) is 0 Å². The number of benzene rings is 2. The van der Waals surface area contributed by atoms with Gasteiger partial charge in [-0.2, -0.15) is 0 Å². The summed E-state index contributed by atoms with van der Waals surface area (Å²) in [4.78, 5) is 0. The summed E-state index contributed by atoms with van der Waals surface area (Å²) in [5.74, 6) is 2.46. The highest BCUT2D eigenvalue weighted by Gasteiger charge is 2.25. The molecule has 0 saturated carbocycles. The van der Waals surface area contributed by atoms with Crippen molar-refractivity contribution in [2.75, 3.05) is 19.1 Å². The van der Waals surface area contributed by atoms with E-state index in [-0.39, 0.29) is 5.41 Å². The summed E-state index contributed by atoms with van der Waals surface area (Å²) in [6.07, 6.45) is 1.88. The highest BCUT2D eigenvalue weighted by Crippen LogP contribution is 2.40. The van der Waals surface area contributed by atoms with E-state index in [4.69, 9.17) is 44.3 Å². The maximum atomic E-state index is 6.51. The lowest BCUT2D eigenvalue weighted by atomic mass is 9.78. The second-order valence-corrected chi connectivity index (χ2v) is 8.83. The van der Waals surface area contributed by atoms with Gasteiger partial charge in [-0.3, -0.25) is 0 Å². The lowest BCUT2D eigenvalue weighted by Gasteiger charge is -2.27. The van der Waals surface area contributed by atoms with Crippen molar-refractivity contribution in [2.24, 2.45) is 5.92 Å². The van der Waals surface area contributed by atoms with Crippen LogP contribution in [0.15, 0.2) is 36.4 Å². The number of ether oxygens (including phenoxy) is 2. The lowest BCUT2D eigenvalue weighted by Crippen LogP contribution is -2.19. The molecule has 0 heterocycles. The summed E-state index contributed by atoms with van der Waals surface area (Å²) in [7, 11) is 0. The summed E-state index contributed by atoms with van der Waals surface area (Å²) in [6.45, 7) is 9.80. The van der Waals surface area contributed by atoms with Gasteiger partial charge in [0.25, 0.3) is 0 Å². The Morgan fingerprint density at radius 3 is 2.11 bits per heavy atom. The maximum absolute atomic E-state index is 6.51. The molecular weight excluding hydrogens is 415 g/mol. The first-order chi connectivity index (χ1) is 13.3. The molecule has 0 fully saturated rings. The fourth-order valence-electron chi connectivity index (χ4n) is 2.78. The first-order valence-corrected chi connectivity index (χ1v) is 11.0. The van der Waals surface area contributed by atoms with Crippen molar-refractivity contribution in [3.05, 3.63) is 57.6 Å². The van der Waals surface area contributed by atoms with Gasteiger partial charge in [0.1, 0.15) is 5.75 Å². The van der Waals surface area contributed by atoms with Crippen molar-refractivity contribution in [2.45, 2.75) is 46.0 Å². The molecule has 28 heavy (non-hydrogen) atoms. The van der Waals surface area contributed by atoms with Crippen LogP contribution in [0, 0.1) is 5.92 Å². The molecule has 154 valence electrons. The minimum Gasteiger partial charge on any atom is -0.494 e. The number of hydrogen-bond donors (Lipinski definition) is 0. The fourth-order valence-corrected chi connectivity index (χ4v) is 3.49. The molecule has 0 radical (unpaired) electrons. The monoisotopic (exact) mass is 442 g/mol. The summed E-state index contributed by atoms with van der Waals surface area (Å²) in [6, 6.07) is 12.0. The lowest BCUT2D eigenvalue weighted by molar-refractivity contribution is 0.257. The molecule has 0 aromatic heterocycles. The molecule has 0 N–H and O–H groups in total. The van der Waals surface area contributed by atoms with Gasteiger partial charge in [-0.25, -0.2) is 0 Å². The van der Waals surface area contributed by atoms with Crippen molar-refractivity contribution >= 4 is 34.8 Å². The normalized spacial score (nSPS) is 12.7. The minimum atomic E-state index is -0.267. The van der Waals surface area contributed by atoms with E-state index in [1.165, 1.54) is 0 Å². The highest BCUT2D eigenvalue weighted by molar-refractivity contribution is 6.37. The Morgan fingerprint density at radius 1 is 0.964 bits per heavy atom. The summed E-state index contributed by atoms with van der Waals surface area (Å²) in [5.41, 5.74) is 1.92. The van der Waals surface area contributed by atoms with E-state index in [2.05, 4.69) is 39.8 Å². The Kier molecular flexibility index (Phi) is 8.80. The molecular formula is C23H29Cl3O2. The Balaban J connectivity index is 2.20. The largest absolute Gasteiger partial charge is 0.494 e. The smallest absolute Gasteiger partial charge is 0.156 e. The second-order valence-electron chi connectivity index (χ2n) is 7.63. The van der Waals surface area contributed by atoms with Gasteiger partial charge < -0.3 is 9.47 Å². The van der Waals surface area contributed by atoms with Crippen LogP contribution in [0.25, 0.3) is 0 Å². The van der Waals surface area contributed by atoms with Crippen LogP contribution in [-0.2, 0) is 5.41 Å². The number of hydrogen-bond acceptors (Lipinski definition) is 2. The molecule has 0 saturated heterocycles. The van der Waals surface area contributed by atoms with E-state index < -0.39 is 0 Å². The van der Waals surface area contributed by atoms with E-state index >= 15 is 0 Å². The van der Waals surface area contributed by atoms with E-state index in [0.29, 0.717) is 40.8 Å². The van der Waals surface area contributed by atoms with Gasteiger partial charge in [-0.05, 0) is 47.7 Å². The first-order valence-electron chi connectivity index (χ1n) is 9.71. The molecule has 0 aliphatic carbocycles. The summed E-state index contributed by atoms with van der Waals surface area (Å²) >= 11 is 18.7. The minimum absolute atomic E-state index is 0.267. The van der Waals surface area contributed by atoms with Crippen LogP contribution in [0.5, 0.6) is 11.5 Å². The van der Waals surface area contributed by atoms with E-state index in [1.54, 1.807) is 0 Å². The van der Waals surface area contributed by atoms with Gasteiger partial charge in [0, 0.05) is 11.3 Å². The quantitative estimate of drug-likeness (QED) is 0.276. The zero-order valence-electron chi connectivity index (χ0n) is 17.0. The molecule has 2 rings (SSSR count). The Hall–Kier alpha value is -1.09. The van der Waals surface area contributed by atoms with Gasteiger partial charge in [0.2, 0.25) is 0 Å². The van der Waals surface area contributed by atoms with E-state index in [0.717, 1.165) is 29.7 Å². The third kappa shape index (κ3) is 5.95. The average Bonchev–Trinajstić information content (AvgIpc) is 2.67. The number of halogens is 3. The Bertz CT molecular complexity index is 734. The van der Waals surface area contributed by atoms with Crippen molar-refractivity contribution in [3.8, 4) is 11.5 Å². The third-order valence-corrected chi connectivity index (χ3v) is 5.88. The molecule has 2 nitrogen and oxygen atoms in total. The standard InChI is InChI=1S/C23H29Cl3O2/c1-5-16(2)15-28-22-20(25)13-18(14-21(22)26)23(3,4)17-7-9-19(10-8-17)27-12-6-11-24/h7-10,13-14,16H,5-6,11-12,15H2,1-4H3. The van der Waals surface area contributed by atoms with Gasteiger partial charge in [0.05, 0.1) is 23.3 Å². The van der Waals surface area contributed by atoms with Crippen LogP contribution in [0.2, 0.25) is 10.0 Å². The van der Waals surface area contributed by atoms with Gasteiger partial charge in [0.15, 0.2) is 5.75 Å². The van der Waals surface area contributed by atoms with Crippen molar-refractivity contribution in [1.29, 1.82) is 0 Å². The first kappa shape index (κ1) is 23.2. The number of alkyl halides is 1. The van der Waals surface area contributed by atoms with Crippen LogP contribution in [0.3, 0.4) is 0 Å². The van der Waals surface area contributed by atoms with Gasteiger partial charge >= 0.3 is 0 Å². The van der Waals surface area contributed by atoms with Gasteiger partial charge in [-0.1, -0.05) is 69.5 Å². The van der Waals surface area contributed by atoms with Crippen LogP contribution < -0.4 is 9.47 Å². The molecule has 0 amide bonds. The van der Waals surface area contributed by atoms with Crippen LogP contribution >= 0.6 is 34.8 Å². The predicted molar refractivity (Wildman–Crippen MR) is 121 cm³/mol. The molecule has 1 unspecified atom stereocenters. The predicted octanol–water partition coefficient (Wildman–Crippen LogP) is 7.75. The van der Waals surface area contributed by atoms with Crippen LogP contribution in [0.4, 0.5) is 0 Å². The summed E-state index contributed by atoms with van der Waals surface area (Å²) in [5, 5.41) is 1.08. The maximum Gasteiger partial charge on any atom is 0.156 e. The zero-order chi connectivity index (χ0) is 20.7. The zero-order valence-corrected chi connectivity index (χ0v) is 19.3. The molecule has 0 spiro atoms. The molecule has 1 atom stereocenters. The van der Waals surface area contributed by atoms with Crippen LogP contribution in [-0.4, -0.2) is 19.1 Å².